The summed E-state index contributed by atoms with van der Waals surface area (Å²) in [5, 5.41) is 8.02. The van der Waals surface area contributed by atoms with Crippen LogP contribution in [0, 0.1) is 11.6 Å². The lowest BCUT2D eigenvalue weighted by Crippen LogP contribution is -2.49. The molecule has 0 aliphatic rings. The lowest BCUT2D eigenvalue weighted by Gasteiger charge is -2.33. The third kappa shape index (κ3) is 5.49. The zero-order valence-corrected chi connectivity index (χ0v) is 18.1. The van der Waals surface area contributed by atoms with E-state index in [1.54, 1.807) is 32.9 Å². The van der Waals surface area contributed by atoms with E-state index in [1.165, 1.54) is 41.8 Å². The SMILES string of the molecule is CC(C)(C)NC(=O)[C@H](c1ccccc1F)N(Cc1ccccc1F)C(=O)c1csnn1. The molecule has 1 aromatic heterocycles. The quantitative estimate of drug-likeness (QED) is 0.621. The molecule has 0 unspecified atom stereocenters. The number of amides is 2. The lowest BCUT2D eigenvalue weighted by molar-refractivity contribution is -0.127. The van der Waals surface area contributed by atoms with E-state index >= 15 is 0 Å². The Bertz CT molecular complexity index is 1070. The highest BCUT2D eigenvalue weighted by Crippen LogP contribution is 2.28. The zero-order valence-electron chi connectivity index (χ0n) is 17.3. The van der Waals surface area contributed by atoms with E-state index in [1.807, 2.05) is 0 Å². The Balaban J connectivity index is 2.13. The molecule has 0 fully saturated rings. The van der Waals surface area contributed by atoms with Gasteiger partial charge in [-0.2, -0.15) is 0 Å². The molecule has 1 heterocycles. The number of nitrogens with one attached hydrogen (secondary N) is 1. The number of hydrogen-bond donors (Lipinski definition) is 1. The largest absolute Gasteiger partial charge is 0.349 e. The second-order valence-corrected chi connectivity index (χ2v) is 8.59. The van der Waals surface area contributed by atoms with Gasteiger partial charge in [0.25, 0.3) is 5.91 Å². The topological polar surface area (TPSA) is 75.2 Å². The average Bonchev–Trinajstić information content (AvgIpc) is 3.23. The van der Waals surface area contributed by atoms with Crippen LogP contribution in [-0.2, 0) is 11.3 Å². The van der Waals surface area contributed by atoms with E-state index in [0.717, 1.165) is 16.4 Å². The van der Waals surface area contributed by atoms with Crippen LogP contribution in [0.2, 0.25) is 0 Å². The minimum Gasteiger partial charge on any atom is -0.349 e. The van der Waals surface area contributed by atoms with Crippen molar-refractivity contribution in [2.45, 2.75) is 38.9 Å². The van der Waals surface area contributed by atoms with E-state index in [0.29, 0.717) is 0 Å². The maximum absolute atomic E-state index is 14.8. The first-order valence-electron chi connectivity index (χ1n) is 9.55. The second kappa shape index (κ2) is 9.30. The summed E-state index contributed by atoms with van der Waals surface area (Å²) < 4.78 is 32.9. The molecule has 31 heavy (non-hydrogen) atoms. The van der Waals surface area contributed by atoms with Crippen molar-refractivity contribution in [2.24, 2.45) is 0 Å². The molecule has 1 atom stereocenters. The maximum atomic E-state index is 14.8. The van der Waals surface area contributed by atoms with E-state index in [9.17, 15) is 18.4 Å². The predicted molar refractivity (Wildman–Crippen MR) is 113 cm³/mol. The van der Waals surface area contributed by atoms with E-state index in [-0.39, 0.29) is 23.4 Å². The highest BCUT2D eigenvalue weighted by atomic mass is 32.1. The van der Waals surface area contributed by atoms with Gasteiger partial charge in [0.15, 0.2) is 5.69 Å². The molecule has 2 aromatic carbocycles. The Kier molecular flexibility index (Phi) is 6.74. The van der Waals surface area contributed by atoms with Crippen LogP contribution in [0.1, 0.15) is 48.4 Å². The molecule has 9 heteroatoms. The minimum absolute atomic E-state index is 0.00266. The molecule has 0 bridgehead atoms. The Hall–Kier alpha value is -3.20. The molecule has 0 saturated heterocycles. The molecule has 2 amide bonds. The average molecular weight is 445 g/mol. The molecule has 0 radical (unpaired) electrons. The number of rotatable bonds is 6. The minimum atomic E-state index is -1.35. The van der Waals surface area contributed by atoms with E-state index in [2.05, 4.69) is 14.9 Å². The summed E-state index contributed by atoms with van der Waals surface area (Å²) in [6, 6.07) is 10.3. The molecular formula is C22H22F2N4O2S. The van der Waals surface area contributed by atoms with Crippen molar-refractivity contribution in [1.82, 2.24) is 19.8 Å². The van der Waals surface area contributed by atoms with Gasteiger partial charge in [0.05, 0.1) is 6.54 Å². The van der Waals surface area contributed by atoms with Crippen LogP contribution < -0.4 is 5.32 Å². The van der Waals surface area contributed by atoms with Gasteiger partial charge in [-0.1, -0.05) is 40.9 Å². The molecule has 6 nitrogen and oxygen atoms in total. The molecule has 0 aliphatic heterocycles. The monoisotopic (exact) mass is 444 g/mol. The van der Waals surface area contributed by atoms with Crippen molar-refractivity contribution in [3.63, 3.8) is 0 Å². The third-order valence-electron chi connectivity index (χ3n) is 4.40. The molecular weight excluding hydrogens is 422 g/mol. The zero-order chi connectivity index (χ0) is 22.6. The van der Waals surface area contributed by atoms with Crippen molar-refractivity contribution in [3.8, 4) is 0 Å². The summed E-state index contributed by atoms with van der Waals surface area (Å²) in [5.41, 5.74) is -0.470. The number of hydrogen-bond acceptors (Lipinski definition) is 5. The number of aromatic nitrogens is 2. The molecule has 3 aromatic rings. The van der Waals surface area contributed by atoms with Crippen LogP contribution in [0.25, 0.3) is 0 Å². The van der Waals surface area contributed by atoms with Gasteiger partial charge in [-0.15, -0.1) is 5.10 Å². The van der Waals surface area contributed by atoms with Gasteiger partial charge >= 0.3 is 0 Å². The summed E-state index contributed by atoms with van der Waals surface area (Å²) in [4.78, 5) is 27.7. The first-order chi connectivity index (χ1) is 14.7. The smallest absolute Gasteiger partial charge is 0.276 e. The molecule has 0 aliphatic carbocycles. The second-order valence-electron chi connectivity index (χ2n) is 7.98. The predicted octanol–water partition coefficient (Wildman–Crippen LogP) is 4.11. The van der Waals surface area contributed by atoms with Crippen molar-refractivity contribution in [2.75, 3.05) is 0 Å². The Morgan fingerprint density at radius 3 is 2.29 bits per heavy atom. The lowest BCUT2D eigenvalue weighted by atomic mass is 10.00. The van der Waals surface area contributed by atoms with Crippen LogP contribution in [0.5, 0.6) is 0 Å². The third-order valence-corrected chi connectivity index (χ3v) is 4.90. The van der Waals surface area contributed by atoms with Crippen molar-refractivity contribution in [1.29, 1.82) is 0 Å². The van der Waals surface area contributed by atoms with Gasteiger partial charge in [-0.3, -0.25) is 9.59 Å². The van der Waals surface area contributed by atoms with Gasteiger partial charge in [0.1, 0.15) is 17.7 Å². The van der Waals surface area contributed by atoms with Gasteiger partial charge in [-0.25, -0.2) is 8.78 Å². The summed E-state index contributed by atoms with van der Waals surface area (Å²) in [6.45, 7) is 5.06. The van der Waals surface area contributed by atoms with Gasteiger partial charge in [0, 0.05) is 22.0 Å². The van der Waals surface area contributed by atoms with Crippen molar-refractivity contribution < 1.29 is 18.4 Å². The standard InChI is InChI=1S/C22H22F2N4O2S/c1-22(2,3)25-20(29)19(15-9-5-7-11-17(15)24)28(21(30)18-13-31-27-26-18)12-14-8-4-6-10-16(14)23/h4-11,13,19H,12H2,1-3H3,(H,25,29)/t19-/m0/s1. The molecule has 0 saturated carbocycles. The fourth-order valence-corrected chi connectivity index (χ4v) is 3.51. The number of carbonyl (C=O) groups excluding carboxylic acids is 2. The summed E-state index contributed by atoms with van der Waals surface area (Å²) in [5.74, 6) is -2.45. The molecule has 3 rings (SSSR count). The maximum Gasteiger partial charge on any atom is 0.276 e. The van der Waals surface area contributed by atoms with Gasteiger partial charge in [0.2, 0.25) is 5.91 Å². The Morgan fingerprint density at radius 2 is 1.71 bits per heavy atom. The van der Waals surface area contributed by atoms with Crippen LogP contribution in [0.15, 0.2) is 53.9 Å². The van der Waals surface area contributed by atoms with Crippen LogP contribution in [0.3, 0.4) is 0 Å². The van der Waals surface area contributed by atoms with Crippen molar-refractivity contribution >= 4 is 23.3 Å². The Morgan fingerprint density at radius 1 is 1.06 bits per heavy atom. The van der Waals surface area contributed by atoms with Crippen molar-refractivity contribution in [3.05, 3.63) is 82.4 Å². The van der Waals surface area contributed by atoms with Gasteiger partial charge < -0.3 is 10.2 Å². The highest BCUT2D eigenvalue weighted by Gasteiger charge is 2.36. The van der Waals surface area contributed by atoms with Gasteiger partial charge in [-0.05, 0) is 44.4 Å². The van der Waals surface area contributed by atoms with Crippen LogP contribution >= 0.6 is 11.5 Å². The number of nitrogens with zero attached hydrogens (tertiary/aromatic N) is 3. The first-order valence-corrected chi connectivity index (χ1v) is 10.4. The fourth-order valence-electron chi connectivity index (χ4n) is 3.08. The van der Waals surface area contributed by atoms with Crippen LogP contribution in [0.4, 0.5) is 8.78 Å². The van der Waals surface area contributed by atoms with Crippen LogP contribution in [-0.4, -0.2) is 31.8 Å². The number of carbonyl (C=O) groups is 2. The number of halogens is 2. The first kappa shape index (κ1) is 22.5. The normalized spacial score (nSPS) is 12.3. The molecule has 0 spiro atoms. The molecule has 1 N–H and O–H groups in total. The van der Waals surface area contributed by atoms with E-state index in [4.69, 9.17) is 0 Å². The Labute approximate surface area is 183 Å². The summed E-state index contributed by atoms with van der Waals surface area (Å²) in [6.07, 6.45) is 0. The fraction of sp³-hybridized carbons (Fsp3) is 0.273. The number of benzene rings is 2. The van der Waals surface area contributed by atoms with E-state index < -0.39 is 35.0 Å². The summed E-state index contributed by atoms with van der Waals surface area (Å²) in [7, 11) is 0. The molecule has 162 valence electrons. The highest BCUT2D eigenvalue weighted by molar-refractivity contribution is 7.03. The summed E-state index contributed by atoms with van der Waals surface area (Å²) >= 11 is 0.967.